The van der Waals surface area contributed by atoms with Crippen molar-refractivity contribution in [2.75, 3.05) is 32.2 Å². The van der Waals surface area contributed by atoms with Crippen molar-refractivity contribution in [3.05, 3.63) is 35.2 Å². The smallest absolute Gasteiger partial charge is 0.164 e. The maximum absolute atomic E-state index is 5.84. The maximum atomic E-state index is 5.84. The molecule has 0 spiro atoms. The minimum Gasteiger partial charge on any atom is -0.496 e. The molecule has 1 aliphatic heterocycles. The number of fused-ring (bicyclic) bond motifs is 1. The van der Waals surface area contributed by atoms with Gasteiger partial charge in [-0.05, 0) is 18.1 Å². The van der Waals surface area contributed by atoms with Crippen LogP contribution in [0.3, 0.4) is 0 Å². The van der Waals surface area contributed by atoms with Gasteiger partial charge in [0.1, 0.15) is 23.0 Å². The minimum absolute atomic E-state index is 0.413. The van der Waals surface area contributed by atoms with Crippen molar-refractivity contribution in [1.82, 2.24) is 9.97 Å². The van der Waals surface area contributed by atoms with Gasteiger partial charge in [0.15, 0.2) is 11.5 Å². The van der Waals surface area contributed by atoms with Crippen LogP contribution in [0.25, 0.3) is 0 Å². The van der Waals surface area contributed by atoms with E-state index in [0.717, 1.165) is 35.7 Å². The van der Waals surface area contributed by atoms with Gasteiger partial charge in [0.2, 0.25) is 0 Å². The van der Waals surface area contributed by atoms with Crippen LogP contribution in [0, 0.1) is 0 Å². The molecular weight excluding hydrogens is 318 g/mol. The van der Waals surface area contributed by atoms with Gasteiger partial charge >= 0.3 is 0 Å². The predicted octanol–water partition coefficient (Wildman–Crippen LogP) is 2.95. The van der Waals surface area contributed by atoms with Gasteiger partial charge in [0.05, 0.1) is 20.3 Å². The van der Waals surface area contributed by atoms with Crippen molar-refractivity contribution in [3.63, 3.8) is 0 Å². The van der Waals surface area contributed by atoms with Crippen molar-refractivity contribution in [1.29, 1.82) is 0 Å². The first-order valence-electron chi connectivity index (χ1n) is 7.44. The number of methoxy groups -OCH3 is 1. The van der Waals surface area contributed by atoms with Crippen molar-refractivity contribution in [2.45, 2.75) is 12.8 Å². The molecule has 7 heteroatoms. The van der Waals surface area contributed by atoms with Crippen LogP contribution in [0.5, 0.6) is 17.2 Å². The molecule has 2 heterocycles. The van der Waals surface area contributed by atoms with E-state index in [1.54, 1.807) is 13.2 Å². The molecule has 0 unspecified atom stereocenters. The zero-order valence-electron chi connectivity index (χ0n) is 12.8. The Labute approximate surface area is 139 Å². The summed E-state index contributed by atoms with van der Waals surface area (Å²) in [6.45, 7) is 2.01. The van der Waals surface area contributed by atoms with Crippen molar-refractivity contribution in [3.8, 4) is 17.2 Å². The van der Waals surface area contributed by atoms with Crippen LogP contribution in [0.2, 0.25) is 5.15 Å². The largest absolute Gasteiger partial charge is 0.496 e. The zero-order valence-corrected chi connectivity index (χ0v) is 13.6. The van der Waals surface area contributed by atoms with E-state index in [1.807, 2.05) is 12.1 Å². The van der Waals surface area contributed by atoms with Gasteiger partial charge < -0.3 is 19.5 Å². The molecule has 1 aromatic heterocycles. The average Bonchev–Trinajstić information content (AvgIpc) is 2.79. The Bertz CT molecular complexity index is 682. The SMILES string of the molecule is COc1cc2c(cc1CCNc1cc(Cl)ncn1)OCCCO2. The van der Waals surface area contributed by atoms with Crippen LogP contribution in [0.1, 0.15) is 12.0 Å². The Hall–Kier alpha value is -2.21. The van der Waals surface area contributed by atoms with Gasteiger partial charge in [-0.3, -0.25) is 0 Å². The van der Waals surface area contributed by atoms with Crippen molar-refractivity contribution < 1.29 is 14.2 Å². The summed E-state index contributed by atoms with van der Waals surface area (Å²) in [4.78, 5) is 7.97. The monoisotopic (exact) mass is 335 g/mol. The van der Waals surface area contributed by atoms with Crippen molar-refractivity contribution in [2.24, 2.45) is 0 Å². The van der Waals surface area contributed by atoms with Gasteiger partial charge in [-0.1, -0.05) is 11.6 Å². The Morgan fingerprint density at radius 1 is 1.17 bits per heavy atom. The third-order valence-corrected chi connectivity index (χ3v) is 3.69. The molecule has 0 radical (unpaired) electrons. The number of hydrogen-bond acceptors (Lipinski definition) is 6. The summed E-state index contributed by atoms with van der Waals surface area (Å²) in [7, 11) is 1.65. The average molecular weight is 336 g/mol. The molecule has 0 saturated carbocycles. The molecule has 0 amide bonds. The normalized spacial score (nSPS) is 13.3. The molecule has 0 aliphatic carbocycles. The maximum Gasteiger partial charge on any atom is 0.164 e. The first kappa shape index (κ1) is 15.7. The number of hydrogen-bond donors (Lipinski definition) is 1. The molecule has 1 N–H and O–H groups in total. The van der Waals surface area contributed by atoms with E-state index in [0.29, 0.717) is 30.7 Å². The molecule has 2 aromatic rings. The summed E-state index contributed by atoms with van der Waals surface area (Å²) < 4.78 is 16.9. The van der Waals surface area contributed by atoms with Gasteiger partial charge in [-0.2, -0.15) is 0 Å². The lowest BCUT2D eigenvalue weighted by Gasteiger charge is -2.14. The first-order chi connectivity index (χ1) is 11.3. The van der Waals surface area contributed by atoms with Gasteiger partial charge in [0.25, 0.3) is 0 Å². The molecule has 0 fully saturated rings. The molecule has 0 atom stereocenters. The number of nitrogens with zero attached hydrogens (tertiary/aromatic N) is 2. The van der Waals surface area contributed by atoms with Gasteiger partial charge in [-0.25, -0.2) is 9.97 Å². The van der Waals surface area contributed by atoms with E-state index >= 15 is 0 Å². The van der Waals surface area contributed by atoms with E-state index in [1.165, 1.54) is 6.33 Å². The number of nitrogens with one attached hydrogen (secondary N) is 1. The predicted molar refractivity (Wildman–Crippen MR) is 87.8 cm³/mol. The number of benzene rings is 1. The standard InChI is InChI=1S/C16H18ClN3O3/c1-21-12-8-14-13(22-5-2-6-23-14)7-11(12)3-4-18-16-9-15(17)19-10-20-16/h7-10H,2-6H2,1H3,(H,18,19,20). The van der Waals surface area contributed by atoms with Crippen LogP contribution < -0.4 is 19.5 Å². The molecule has 0 saturated heterocycles. The topological polar surface area (TPSA) is 65.5 Å². The lowest BCUT2D eigenvalue weighted by Crippen LogP contribution is -2.08. The highest BCUT2D eigenvalue weighted by molar-refractivity contribution is 6.29. The van der Waals surface area contributed by atoms with Crippen LogP contribution in [0.4, 0.5) is 5.82 Å². The Morgan fingerprint density at radius 2 is 1.96 bits per heavy atom. The lowest BCUT2D eigenvalue weighted by atomic mass is 10.1. The Morgan fingerprint density at radius 3 is 2.70 bits per heavy atom. The Kier molecular flexibility index (Phi) is 5.02. The minimum atomic E-state index is 0.413. The number of halogens is 1. The second-order valence-corrected chi connectivity index (χ2v) is 5.45. The van der Waals surface area contributed by atoms with Crippen LogP contribution in [-0.2, 0) is 6.42 Å². The molecule has 122 valence electrons. The summed E-state index contributed by atoms with van der Waals surface area (Å²) in [5.41, 5.74) is 1.05. The fourth-order valence-electron chi connectivity index (χ4n) is 2.37. The van der Waals surface area contributed by atoms with Crippen LogP contribution in [0.15, 0.2) is 24.5 Å². The third kappa shape index (κ3) is 3.96. The number of rotatable bonds is 5. The highest BCUT2D eigenvalue weighted by Crippen LogP contribution is 2.36. The fraction of sp³-hybridized carbons (Fsp3) is 0.375. The molecule has 23 heavy (non-hydrogen) atoms. The third-order valence-electron chi connectivity index (χ3n) is 3.48. The molecule has 1 aromatic carbocycles. The van der Waals surface area contributed by atoms with Crippen LogP contribution in [-0.4, -0.2) is 36.8 Å². The summed E-state index contributed by atoms with van der Waals surface area (Å²) in [5, 5.41) is 3.63. The number of aromatic nitrogens is 2. The van der Waals surface area contributed by atoms with E-state index in [4.69, 9.17) is 25.8 Å². The second-order valence-electron chi connectivity index (χ2n) is 5.06. The van der Waals surface area contributed by atoms with E-state index in [9.17, 15) is 0 Å². The summed E-state index contributed by atoms with van der Waals surface area (Å²) >= 11 is 5.84. The quantitative estimate of drug-likeness (QED) is 0.847. The number of ether oxygens (including phenoxy) is 3. The van der Waals surface area contributed by atoms with Crippen molar-refractivity contribution >= 4 is 17.4 Å². The molecule has 1 aliphatic rings. The summed E-state index contributed by atoms with van der Waals surface area (Å²) in [6.07, 6.45) is 3.06. The summed E-state index contributed by atoms with van der Waals surface area (Å²) in [5.74, 6) is 2.98. The highest BCUT2D eigenvalue weighted by atomic mass is 35.5. The van der Waals surface area contributed by atoms with Gasteiger partial charge in [-0.15, -0.1) is 0 Å². The first-order valence-corrected chi connectivity index (χ1v) is 7.82. The lowest BCUT2D eigenvalue weighted by molar-refractivity contribution is 0.296. The van der Waals surface area contributed by atoms with Crippen LogP contribution >= 0.6 is 11.6 Å². The number of anilines is 1. The molecular formula is C16H18ClN3O3. The molecule has 0 bridgehead atoms. The zero-order chi connectivity index (χ0) is 16.1. The summed E-state index contributed by atoms with van der Waals surface area (Å²) in [6, 6.07) is 5.55. The van der Waals surface area contributed by atoms with E-state index in [2.05, 4.69) is 15.3 Å². The van der Waals surface area contributed by atoms with E-state index < -0.39 is 0 Å². The molecule has 6 nitrogen and oxygen atoms in total. The highest BCUT2D eigenvalue weighted by Gasteiger charge is 2.15. The van der Waals surface area contributed by atoms with Gasteiger partial charge in [0, 0.05) is 25.1 Å². The molecule has 3 rings (SSSR count). The second kappa shape index (κ2) is 7.37. The Balaban J connectivity index is 1.70. The van der Waals surface area contributed by atoms with E-state index in [-0.39, 0.29) is 0 Å². The fourth-order valence-corrected chi connectivity index (χ4v) is 2.52.